The Hall–Kier alpha value is -0.750. The van der Waals surface area contributed by atoms with Crippen LogP contribution < -0.4 is 0 Å². The van der Waals surface area contributed by atoms with Gasteiger partial charge in [0.25, 0.3) is 0 Å². The van der Waals surface area contributed by atoms with Gasteiger partial charge in [0.2, 0.25) is 0 Å². The molecule has 0 amide bonds. The highest BCUT2D eigenvalue weighted by molar-refractivity contribution is 6.31. The van der Waals surface area contributed by atoms with E-state index in [1.807, 2.05) is 12.1 Å². The van der Waals surface area contributed by atoms with E-state index in [1.54, 1.807) is 0 Å². The van der Waals surface area contributed by atoms with Crippen molar-refractivity contribution in [3.63, 3.8) is 0 Å². The molecule has 1 aromatic carbocycles. The van der Waals surface area contributed by atoms with Crippen LogP contribution in [-0.4, -0.2) is 0 Å². The molecule has 0 heterocycles. The molecular weight excluding hydrogens is 168 g/mol. The second-order valence-electron chi connectivity index (χ2n) is 3.19. The molecule has 0 saturated heterocycles. The predicted octanol–water partition coefficient (Wildman–Crippen LogP) is 3.55. The fourth-order valence-electron chi connectivity index (χ4n) is 1.36. The van der Waals surface area contributed by atoms with Crippen LogP contribution in [0.25, 0.3) is 0 Å². The van der Waals surface area contributed by atoms with Crippen molar-refractivity contribution in [1.29, 1.82) is 0 Å². The molecule has 0 nitrogen and oxygen atoms in total. The van der Waals surface area contributed by atoms with Crippen molar-refractivity contribution >= 4 is 11.6 Å². The molecule has 12 heavy (non-hydrogen) atoms. The first-order chi connectivity index (χ1) is 5.81. The molecule has 0 atom stereocenters. The van der Waals surface area contributed by atoms with Gasteiger partial charge >= 0.3 is 0 Å². The van der Waals surface area contributed by atoms with Crippen molar-refractivity contribution in [2.75, 3.05) is 0 Å². The zero-order chi connectivity index (χ0) is 8.55. The summed E-state index contributed by atoms with van der Waals surface area (Å²) in [5.41, 5.74) is 2.26. The lowest BCUT2D eigenvalue weighted by atomic mass is 10.1. The smallest absolute Gasteiger partial charge is 0.0446 e. The van der Waals surface area contributed by atoms with Crippen LogP contribution in [0.2, 0.25) is 5.02 Å². The van der Waals surface area contributed by atoms with Gasteiger partial charge in [-0.2, -0.15) is 0 Å². The Kier molecular flexibility index (Phi) is 1.93. The Balaban J connectivity index is 2.38. The van der Waals surface area contributed by atoms with Crippen molar-refractivity contribution < 1.29 is 0 Å². The Morgan fingerprint density at radius 3 is 2.67 bits per heavy atom. The average molecular weight is 178 g/mol. The molecule has 1 saturated carbocycles. The largest absolute Gasteiger partial charge is 0.0906 e. The lowest BCUT2D eigenvalue weighted by Crippen LogP contribution is -1.82. The first kappa shape index (κ1) is 7.88. The Morgan fingerprint density at radius 2 is 2.17 bits per heavy atom. The highest BCUT2D eigenvalue weighted by atomic mass is 35.5. The Morgan fingerprint density at radius 1 is 1.42 bits per heavy atom. The third kappa shape index (κ3) is 1.39. The Bertz CT molecular complexity index is 311. The minimum Gasteiger partial charge on any atom is -0.0906 e. The fraction of sp³-hybridized carbons (Fsp3) is 0.273. The summed E-state index contributed by atoms with van der Waals surface area (Å²) in [6.07, 6.45) is 5.40. The topological polar surface area (TPSA) is 0 Å². The van der Waals surface area contributed by atoms with Crippen LogP contribution in [0.4, 0.5) is 0 Å². The molecular formula is C11H10Cl. The van der Waals surface area contributed by atoms with Gasteiger partial charge in [0, 0.05) is 5.02 Å². The van der Waals surface area contributed by atoms with Crippen molar-refractivity contribution in [3.8, 4) is 0 Å². The van der Waals surface area contributed by atoms with E-state index in [0.717, 1.165) is 16.5 Å². The zero-order valence-electron chi connectivity index (χ0n) is 6.81. The summed E-state index contributed by atoms with van der Waals surface area (Å²) >= 11 is 6.08. The molecule has 0 N–H and O–H groups in total. The maximum Gasteiger partial charge on any atom is 0.0446 e. The number of halogens is 1. The summed E-state index contributed by atoms with van der Waals surface area (Å²) in [4.78, 5) is 0. The van der Waals surface area contributed by atoms with E-state index >= 15 is 0 Å². The minimum absolute atomic E-state index is 0.719. The quantitative estimate of drug-likeness (QED) is 0.648. The summed E-state index contributed by atoms with van der Waals surface area (Å²) in [7, 11) is 0. The van der Waals surface area contributed by atoms with E-state index in [0.29, 0.717) is 0 Å². The number of hydrogen-bond acceptors (Lipinski definition) is 0. The molecule has 1 aliphatic rings. The fourth-order valence-corrected chi connectivity index (χ4v) is 1.70. The third-order valence-corrected chi connectivity index (χ3v) is 2.55. The molecule has 61 valence electrons. The van der Waals surface area contributed by atoms with Crippen molar-refractivity contribution in [2.24, 2.45) is 0 Å². The summed E-state index contributed by atoms with van der Waals surface area (Å²) in [6, 6.07) is 6.04. The third-order valence-electron chi connectivity index (χ3n) is 2.22. The first-order valence-corrected chi connectivity index (χ1v) is 4.51. The van der Waals surface area contributed by atoms with Gasteiger partial charge in [-0.05, 0) is 42.0 Å². The van der Waals surface area contributed by atoms with Crippen molar-refractivity contribution in [3.05, 3.63) is 47.0 Å². The van der Waals surface area contributed by atoms with Crippen LogP contribution in [0, 0.1) is 6.08 Å². The van der Waals surface area contributed by atoms with Gasteiger partial charge in [-0.15, -0.1) is 0 Å². The Labute approximate surface area is 77.9 Å². The molecule has 1 radical (unpaired) electrons. The normalized spacial score (nSPS) is 16.1. The van der Waals surface area contributed by atoms with Crippen LogP contribution >= 0.6 is 11.6 Å². The van der Waals surface area contributed by atoms with Crippen LogP contribution in [-0.2, 0) is 0 Å². The van der Waals surface area contributed by atoms with Gasteiger partial charge in [0.05, 0.1) is 0 Å². The summed E-state index contributed by atoms with van der Waals surface area (Å²) < 4.78 is 0. The van der Waals surface area contributed by atoms with Gasteiger partial charge in [0.1, 0.15) is 0 Å². The van der Waals surface area contributed by atoms with Gasteiger partial charge < -0.3 is 0 Å². The van der Waals surface area contributed by atoms with Crippen LogP contribution in [0.1, 0.15) is 29.9 Å². The van der Waals surface area contributed by atoms with Crippen LogP contribution in [0.3, 0.4) is 0 Å². The van der Waals surface area contributed by atoms with E-state index < -0.39 is 0 Å². The van der Waals surface area contributed by atoms with Crippen LogP contribution in [0.5, 0.6) is 0 Å². The lowest BCUT2D eigenvalue weighted by Gasteiger charge is -2.01. The summed E-state index contributed by atoms with van der Waals surface area (Å²) in [5, 5.41) is 0.867. The van der Waals surface area contributed by atoms with E-state index in [1.165, 1.54) is 18.4 Å². The summed E-state index contributed by atoms with van der Waals surface area (Å²) in [6.45, 7) is 3.58. The minimum atomic E-state index is 0.719. The molecule has 0 unspecified atom stereocenters. The molecule has 1 aromatic rings. The lowest BCUT2D eigenvalue weighted by molar-refractivity contribution is 1.13. The van der Waals surface area contributed by atoms with Crippen molar-refractivity contribution in [1.82, 2.24) is 0 Å². The molecule has 0 aromatic heterocycles. The van der Waals surface area contributed by atoms with Gasteiger partial charge in [-0.25, -0.2) is 0 Å². The van der Waals surface area contributed by atoms with Gasteiger partial charge in [-0.3, -0.25) is 0 Å². The maximum atomic E-state index is 6.08. The molecule has 1 heteroatoms. The van der Waals surface area contributed by atoms with Gasteiger partial charge in [0.15, 0.2) is 0 Å². The molecule has 1 aliphatic carbocycles. The van der Waals surface area contributed by atoms with Crippen LogP contribution in [0.15, 0.2) is 24.8 Å². The zero-order valence-corrected chi connectivity index (χ0v) is 7.56. The number of rotatable bonds is 2. The molecule has 0 bridgehead atoms. The van der Waals surface area contributed by atoms with E-state index in [9.17, 15) is 0 Å². The standard InChI is InChI=1S/C11H10Cl/c1-2-8-3-6-10(9-4-5-9)11(12)7-8/h3,6-7,9H,1,4-5H2. The first-order valence-electron chi connectivity index (χ1n) is 4.14. The average Bonchev–Trinajstić information content (AvgIpc) is 2.87. The molecule has 0 spiro atoms. The highest BCUT2D eigenvalue weighted by Gasteiger charge is 2.25. The van der Waals surface area contributed by atoms with E-state index in [2.05, 4.69) is 18.7 Å². The second kappa shape index (κ2) is 2.95. The van der Waals surface area contributed by atoms with E-state index in [-0.39, 0.29) is 0 Å². The maximum absolute atomic E-state index is 6.08. The number of hydrogen-bond donors (Lipinski definition) is 0. The SMILES string of the molecule is C=[C]c1ccc(C2CC2)c(Cl)c1. The van der Waals surface area contributed by atoms with Gasteiger partial charge in [-0.1, -0.05) is 30.3 Å². The predicted molar refractivity (Wildman–Crippen MR) is 51.4 cm³/mol. The molecule has 1 fully saturated rings. The summed E-state index contributed by atoms with van der Waals surface area (Å²) in [5.74, 6) is 0.719. The monoisotopic (exact) mass is 177 g/mol. The number of benzene rings is 1. The highest BCUT2D eigenvalue weighted by Crippen LogP contribution is 2.43. The molecule has 2 rings (SSSR count). The van der Waals surface area contributed by atoms with Crippen molar-refractivity contribution in [2.45, 2.75) is 18.8 Å². The van der Waals surface area contributed by atoms with E-state index in [4.69, 9.17) is 11.6 Å². The molecule has 0 aliphatic heterocycles. The second-order valence-corrected chi connectivity index (χ2v) is 3.59.